The Morgan fingerprint density at radius 3 is 2.76 bits per heavy atom. The van der Waals surface area contributed by atoms with Gasteiger partial charge in [0, 0.05) is 5.39 Å². The van der Waals surface area contributed by atoms with Crippen LogP contribution in [-0.2, 0) is 0 Å². The molecular weight excluding hydrogens is 336 g/mol. The Hall–Kier alpha value is -2.93. The minimum absolute atomic E-state index is 0.0690. The van der Waals surface area contributed by atoms with E-state index in [1.165, 1.54) is 0 Å². The molecule has 0 unspecified atom stereocenters. The first kappa shape index (κ1) is 14.4. The third kappa shape index (κ3) is 2.35. The number of hydrogen-bond donors (Lipinski definition) is 1. The number of thioether (sulfide) groups is 1. The first-order chi connectivity index (χ1) is 12.3. The van der Waals surface area contributed by atoms with Crippen LogP contribution in [0.15, 0.2) is 64.2 Å². The number of nitrogens with one attached hydrogen (secondary N) is 1. The molecule has 0 aliphatic carbocycles. The van der Waals surface area contributed by atoms with Gasteiger partial charge in [0.05, 0.1) is 7.11 Å². The fourth-order valence-electron chi connectivity index (χ4n) is 2.88. The molecule has 2 aromatic heterocycles. The Morgan fingerprint density at radius 1 is 1.12 bits per heavy atom. The average molecular weight is 350 g/mol. The van der Waals surface area contributed by atoms with Gasteiger partial charge in [-0.15, -0.1) is 10.2 Å². The van der Waals surface area contributed by atoms with Crippen molar-refractivity contribution in [2.75, 3.05) is 12.5 Å². The number of nitrogens with zero attached hydrogens (tertiary/aromatic N) is 3. The molecule has 0 saturated heterocycles. The summed E-state index contributed by atoms with van der Waals surface area (Å²) in [6.45, 7) is 0. The van der Waals surface area contributed by atoms with Crippen molar-refractivity contribution >= 4 is 22.7 Å². The van der Waals surface area contributed by atoms with Crippen molar-refractivity contribution < 1.29 is 9.15 Å². The normalized spacial score (nSPS) is 16.0. The van der Waals surface area contributed by atoms with Crippen molar-refractivity contribution in [2.24, 2.45) is 0 Å². The number of para-hydroxylation sites is 1. The molecule has 0 amide bonds. The maximum atomic E-state index is 5.92. The molecule has 0 saturated carbocycles. The summed E-state index contributed by atoms with van der Waals surface area (Å²) < 4.78 is 13.0. The Kier molecular flexibility index (Phi) is 3.21. The van der Waals surface area contributed by atoms with Crippen LogP contribution in [0, 0.1) is 0 Å². The van der Waals surface area contributed by atoms with Crippen molar-refractivity contribution in [3.05, 3.63) is 60.2 Å². The van der Waals surface area contributed by atoms with Gasteiger partial charge < -0.3 is 14.6 Å². The van der Waals surface area contributed by atoms with Gasteiger partial charge in [0.2, 0.25) is 11.0 Å². The van der Waals surface area contributed by atoms with Crippen LogP contribution in [0.4, 0.5) is 0 Å². The molecule has 124 valence electrons. The number of aromatic nitrogens is 3. The lowest BCUT2D eigenvalue weighted by atomic mass is 10.2. The van der Waals surface area contributed by atoms with Gasteiger partial charge >= 0.3 is 0 Å². The van der Waals surface area contributed by atoms with E-state index in [4.69, 9.17) is 9.15 Å². The summed E-state index contributed by atoms with van der Waals surface area (Å²) in [5.74, 6) is 2.22. The van der Waals surface area contributed by atoms with Crippen LogP contribution < -0.4 is 10.2 Å². The standard InChI is InChI=1S/C18H14N4O2S/c1-23-13-8-6-11(7-9-13)17-21-22-16(19-20-18(22)25-17)15-10-12-4-2-3-5-14(12)24-15/h2-10,17,21H,1H3/t17-/m1/s1. The highest BCUT2D eigenvalue weighted by atomic mass is 32.2. The molecule has 25 heavy (non-hydrogen) atoms. The molecule has 0 fully saturated rings. The van der Waals surface area contributed by atoms with E-state index in [-0.39, 0.29) is 5.37 Å². The minimum Gasteiger partial charge on any atom is -0.497 e. The van der Waals surface area contributed by atoms with Crippen LogP contribution in [0.5, 0.6) is 5.75 Å². The molecule has 7 heteroatoms. The van der Waals surface area contributed by atoms with Gasteiger partial charge in [-0.3, -0.25) is 0 Å². The lowest BCUT2D eigenvalue weighted by Gasteiger charge is -2.12. The summed E-state index contributed by atoms with van der Waals surface area (Å²) >= 11 is 1.62. The average Bonchev–Trinajstić information content (AvgIpc) is 3.34. The molecule has 4 aromatic rings. The second kappa shape index (κ2) is 5.56. The molecule has 5 rings (SSSR count). The predicted octanol–water partition coefficient (Wildman–Crippen LogP) is 4.05. The Balaban J connectivity index is 1.47. The van der Waals surface area contributed by atoms with Crippen molar-refractivity contribution in [3.8, 4) is 17.3 Å². The lowest BCUT2D eigenvalue weighted by molar-refractivity contribution is 0.414. The summed E-state index contributed by atoms with van der Waals surface area (Å²) in [7, 11) is 1.67. The maximum absolute atomic E-state index is 5.92. The first-order valence-electron chi connectivity index (χ1n) is 7.83. The van der Waals surface area contributed by atoms with Crippen LogP contribution in [0.2, 0.25) is 0 Å². The predicted molar refractivity (Wildman–Crippen MR) is 96.2 cm³/mol. The zero-order valence-electron chi connectivity index (χ0n) is 13.3. The highest BCUT2D eigenvalue weighted by Gasteiger charge is 2.29. The minimum atomic E-state index is 0.0690. The van der Waals surface area contributed by atoms with E-state index in [1.807, 2.05) is 59.3 Å². The Bertz CT molecular complexity index is 1020. The number of methoxy groups -OCH3 is 1. The molecule has 1 atom stereocenters. The highest BCUT2D eigenvalue weighted by Crippen LogP contribution is 2.41. The van der Waals surface area contributed by atoms with E-state index in [9.17, 15) is 0 Å². The smallest absolute Gasteiger partial charge is 0.219 e. The van der Waals surface area contributed by atoms with Gasteiger partial charge in [-0.1, -0.05) is 42.1 Å². The largest absolute Gasteiger partial charge is 0.497 e. The SMILES string of the molecule is COc1ccc([C@@H]2Nn3c(nnc3-c3cc4ccccc4o3)S2)cc1. The number of ether oxygens (including phenoxy) is 1. The van der Waals surface area contributed by atoms with Crippen molar-refractivity contribution in [2.45, 2.75) is 10.5 Å². The lowest BCUT2D eigenvalue weighted by Crippen LogP contribution is -2.13. The van der Waals surface area contributed by atoms with Crippen molar-refractivity contribution in [3.63, 3.8) is 0 Å². The highest BCUT2D eigenvalue weighted by molar-refractivity contribution is 7.99. The summed E-state index contributed by atoms with van der Waals surface area (Å²) in [6, 6.07) is 17.9. The van der Waals surface area contributed by atoms with E-state index in [0.717, 1.165) is 27.4 Å². The molecule has 3 heterocycles. The molecule has 0 spiro atoms. The fourth-order valence-corrected chi connectivity index (χ4v) is 3.88. The third-order valence-electron chi connectivity index (χ3n) is 4.17. The van der Waals surface area contributed by atoms with Gasteiger partial charge in [-0.05, 0) is 29.8 Å². The van der Waals surface area contributed by atoms with Gasteiger partial charge in [0.15, 0.2) is 5.76 Å². The molecule has 0 radical (unpaired) electrons. The van der Waals surface area contributed by atoms with E-state index >= 15 is 0 Å². The summed E-state index contributed by atoms with van der Waals surface area (Å²) in [5, 5.41) is 10.5. The van der Waals surface area contributed by atoms with Gasteiger partial charge in [-0.2, -0.15) is 0 Å². The number of furan rings is 1. The Morgan fingerprint density at radius 2 is 1.96 bits per heavy atom. The van der Waals surface area contributed by atoms with E-state index in [0.29, 0.717) is 11.6 Å². The monoisotopic (exact) mass is 350 g/mol. The number of fused-ring (bicyclic) bond motifs is 2. The van der Waals surface area contributed by atoms with Crippen LogP contribution in [-0.4, -0.2) is 22.0 Å². The van der Waals surface area contributed by atoms with E-state index in [1.54, 1.807) is 18.9 Å². The van der Waals surface area contributed by atoms with E-state index < -0.39 is 0 Å². The topological polar surface area (TPSA) is 65.1 Å². The zero-order valence-corrected chi connectivity index (χ0v) is 14.2. The summed E-state index contributed by atoms with van der Waals surface area (Å²) in [6.07, 6.45) is 0. The van der Waals surface area contributed by atoms with Crippen molar-refractivity contribution in [1.82, 2.24) is 14.9 Å². The molecule has 1 N–H and O–H groups in total. The third-order valence-corrected chi connectivity index (χ3v) is 5.26. The van der Waals surface area contributed by atoms with Crippen LogP contribution >= 0.6 is 11.8 Å². The van der Waals surface area contributed by atoms with Gasteiger partial charge in [0.1, 0.15) is 16.7 Å². The van der Waals surface area contributed by atoms with Crippen LogP contribution in [0.3, 0.4) is 0 Å². The van der Waals surface area contributed by atoms with E-state index in [2.05, 4.69) is 15.6 Å². The molecule has 0 bridgehead atoms. The maximum Gasteiger partial charge on any atom is 0.219 e. The first-order valence-corrected chi connectivity index (χ1v) is 8.71. The van der Waals surface area contributed by atoms with Crippen LogP contribution in [0.1, 0.15) is 10.9 Å². The number of rotatable bonds is 3. The number of benzene rings is 2. The summed E-state index contributed by atoms with van der Waals surface area (Å²) in [4.78, 5) is 0. The number of hydrogen-bond acceptors (Lipinski definition) is 6. The quantitative estimate of drug-likeness (QED) is 0.601. The Labute approximate surface area is 147 Å². The molecular formula is C18H14N4O2S. The van der Waals surface area contributed by atoms with Crippen LogP contribution in [0.25, 0.3) is 22.6 Å². The van der Waals surface area contributed by atoms with Crippen molar-refractivity contribution in [1.29, 1.82) is 0 Å². The van der Waals surface area contributed by atoms with Gasteiger partial charge in [-0.25, -0.2) is 4.68 Å². The molecule has 2 aromatic carbocycles. The fraction of sp³-hybridized carbons (Fsp3) is 0.111. The zero-order chi connectivity index (χ0) is 16.8. The molecule has 1 aliphatic rings. The second-order valence-corrected chi connectivity index (χ2v) is 6.76. The second-order valence-electron chi connectivity index (χ2n) is 5.69. The molecule has 6 nitrogen and oxygen atoms in total. The molecule has 1 aliphatic heterocycles. The van der Waals surface area contributed by atoms with Gasteiger partial charge in [0.25, 0.3) is 0 Å². The summed E-state index contributed by atoms with van der Waals surface area (Å²) in [5.41, 5.74) is 5.42.